The van der Waals surface area contributed by atoms with E-state index < -0.39 is 0 Å². The molecule has 0 aliphatic carbocycles. The number of nitrogens with one attached hydrogen (secondary N) is 1. The Kier molecular flexibility index (Phi) is 4.99. The normalized spacial score (nSPS) is 18.6. The van der Waals surface area contributed by atoms with E-state index in [2.05, 4.69) is 29.5 Å². The summed E-state index contributed by atoms with van der Waals surface area (Å²) in [5.74, 6) is 0.903. The summed E-state index contributed by atoms with van der Waals surface area (Å²) in [6.07, 6.45) is 1.06. The molecule has 0 radical (unpaired) electrons. The molecule has 1 N–H and O–H groups in total. The van der Waals surface area contributed by atoms with Crippen LogP contribution >= 0.6 is 0 Å². The molecule has 1 aliphatic rings. The van der Waals surface area contributed by atoms with Gasteiger partial charge in [-0.15, -0.1) is 0 Å². The van der Waals surface area contributed by atoms with E-state index in [9.17, 15) is 0 Å². The monoisotopic (exact) mass is 250 g/mol. The highest BCUT2D eigenvalue weighted by molar-refractivity contribution is 5.28. The Morgan fingerprint density at radius 2 is 1.94 bits per heavy atom. The van der Waals surface area contributed by atoms with Crippen LogP contribution in [0.2, 0.25) is 0 Å². The summed E-state index contributed by atoms with van der Waals surface area (Å²) < 4.78 is 10.5. The van der Waals surface area contributed by atoms with Crippen LogP contribution in [0.3, 0.4) is 0 Å². The highest BCUT2D eigenvalue weighted by Gasteiger charge is 2.15. The van der Waals surface area contributed by atoms with Crippen molar-refractivity contribution in [1.29, 1.82) is 0 Å². The maximum absolute atomic E-state index is 5.35. The average molecular weight is 250 g/mol. The Morgan fingerprint density at radius 3 is 2.50 bits per heavy atom. The number of ether oxygens (including phenoxy) is 2. The first-order chi connectivity index (χ1) is 8.83. The summed E-state index contributed by atoms with van der Waals surface area (Å²) in [4.78, 5) is 0. The van der Waals surface area contributed by atoms with Gasteiger partial charge in [0.2, 0.25) is 0 Å². The second-order valence-electron chi connectivity index (χ2n) is 4.46. The lowest BCUT2D eigenvalue weighted by Crippen LogP contribution is -2.47. The second kappa shape index (κ2) is 6.73. The zero-order valence-corrected chi connectivity index (χ0v) is 11.2. The number of morpholine rings is 1. The molecule has 1 aliphatic heterocycles. The maximum Gasteiger partial charge on any atom is 0.118 e. The molecular weight excluding hydrogens is 228 g/mol. The minimum absolute atomic E-state index is 0.356. The number of hydrazine groups is 1. The van der Waals surface area contributed by atoms with Gasteiger partial charge in [0.1, 0.15) is 5.75 Å². The summed E-state index contributed by atoms with van der Waals surface area (Å²) in [7, 11) is 1.69. The van der Waals surface area contributed by atoms with Crippen molar-refractivity contribution in [3.05, 3.63) is 29.8 Å². The Balaban J connectivity index is 1.97. The molecule has 1 atom stereocenters. The van der Waals surface area contributed by atoms with Gasteiger partial charge in [0.25, 0.3) is 0 Å². The van der Waals surface area contributed by atoms with Crippen LogP contribution in [0.4, 0.5) is 0 Å². The minimum atomic E-state index is 0.356. The Bertz CT molecular complexity index is 347. The Morgan fingerprint density at radius 1 is 1.28 bits per heavy atom. The van der Waals surface area contributed by atoms with Crippen LogP contribution in [0.1, 0.15) is 24.9 Å². The topological polar surface area (TPSA) is 33.7 Å². The van der Waals surface area contributed by atoms with Gasteiger partial charge < -0.3 is 9.47 Å². The van der Waals surface area contributed by atoms with E-state index in [-0.39, 0.29) is 0 Å². The fourth-order valence-corrected chi connectivity index (χ4v) is 2.15. The van der Waals surface area contributed by atoms with Gasteiger partial charge in [0.05, 0.1) is 20.3 Å². The zero-order valence-electron chi connectivity index (χ0n) is 11.2. The number of benzene rings is 1. The molecule has 1 fully saturated rings. The van der Waals surface area contributed by atoms with Crippen LogP contribution in [-0.2, 0) is 4.74 Å². The summed E-state index contributed by atoms with van der Waals surface area (Å²) in [5.41, 5.74) is 4.87. The third-order valence-electron chi connectivity index (χ3n) is 3.28. The summed E-state index contributed by atoms with van der Waals surface area (Å²) in [6.45, 7) is 5.72. The lowest BCUT2D eigenvalue weighted by molar-refractivity contribution is 0.00298. The van der Waals surface area contributed by atoms with E-state index in [4.69, 9.17) is 9.47 Å². The lowest BCUT2D eigenvalue weighted by atomic mass is 10.1. The largest absolute Gasteiger partial charge is 0.497 e. The van der Waals surface area contributed by atoms with Gasteiger partial charge in [-0.3, -0.25) is 0 Å². The lowest BCUT2D eigenvalue weighted by Gasteiger charge is -2.31. The van der Waals surface area contributed by atoms with Gasteiger partial charge in [-0.2, -0.15) is 0 Å². The third-order valence-corrected chi connectivity index (χ3v) is 3.28. The number of rotatable bonds is 5. The van der Waals surface area contributed by atoms with Gasteiger partial charge in [0.15, 0.2) is 0 Å². The number of methoxy groups -OCH3 is 1. The molecule has 2 rings (SSSR count). The molecule has 0 amide bonds. The number of hydrogen-bond donors (Lipinski definition) is 1. The SMILES string of the molecule is CCC(NN1CCOCC1)c1ccc(OC)cc1. The second-order valence-corrected chi connectivity index (χ2v) is 4.46. The molecule has 1 aromatic rings. The molecule has 18 heavy (non-hydrogen) atoms. The molecule has 1 saturated heterocycles. The number of hydrogen-bond acceptors (Lipinski definition) is 4. The van der Waals surface area contributed by atoms with Crippen LogP contribution in [-0.4, -0.2) is 38.4 Å². The molecule has 1 heterocycles. The van der Waals surface area contributed by atoms with E-state index in [1.807, 2.05) is 12.1 Å². The Labute approximate surface area is 109 Å². The fraction of sp³-hybridized carbons (Fsp3) is 0.571. The van der Waals surface area contributed by atoms with Gasteiger partial charge in [0, 0.05) is 19.1 Å². The van der Waals surface area contributed by atoms with Crippen molar-refractivity contribution in [2.24, 2.45) is 0 Å². The van der Waals surface area contributed by atoms with Crippen molar-refractivity contribution >= 4 is 0 Å². The van der Waals surface area contributed by atoms with Gasteiger partial charge in [-0.1, -0.05) is 19.1 Å². The minimum Gasteiger partial charge on any atom is -0.497 e. The zero-order chi connectivity index (χ0) is 12.8. The predicted octanol–water partition coefficient (Wildman–Crippen LogP) is 1.98. The molecule has 1 unspecified atom stereocenters. The molecule has 0 bridgehead atoms. The van der Waals surface area contributed by atoms with E-state index in [1.54, 1.807) is 7.11 Å². The standard InChI is InChI=1S/C14H22N2O2/c1-3-14(15-16-8-10-18-11-9-16)12-4-6-13(17-2)7-5-12/h4-7,14-15H,3,8-11H2,1-2H3. The molecule has 1 aromatic carbocycles. The van der Waals surface area contributed by atoms with E-state index in [0.29, 0.717) is 6.04 Å². The molecular formula is C14H22N2O2. The van der Waals surface area contributed by atoms with Gasteiger partial charge in [-0.05, 0) is 24.1 Å². The summed E-state index contributed by atoms with van der Waals surface area (Å²) >= 11 is 0. The molecule has 0 saturated carbocycles. The maximum atomic E-state index is 5.35. The quantitative estimate of drug-likeness (QED) is 0.866. The van der Waals surface area contributed by atoms with Gasteiger partial charge in [-0.25, -0.2) is 10.4 Å². The van der Waals surface area contributed by atoms with Crippen LogP contribution in [0.15, 0.2) is 24.3 Å². The first kappa shape index (κ1) is 13.3. The summed E-state index contributed by atoms with van der Waals surface area (Å²) in [5, 5.41) is 2.25. The molecule has 4 heteroatoms. The van der Waals surface area contributed by atoms with Crippen LogP contribution < -0.4 is 10.2 Å². The average Bonchev–Trinajstić information content (AvgIpc) is 2.46. The van der Waals surface area contributed by atoms with Crippen molar-refractivity contribution < 1.29 is 9.47 Å². The molecule has 100 valence electrons. The van der Waals surface area contributed by atoms with Crippen molar-refractivity contribution in [1.82, 2.24) is 10.4 Å². The third kappa shape index (κ3) is 3.45. The first-order valence-corrected chi connectivity index (χ1v) is 6.56. The highest BCUT2D eigenvalue weighted by atomic mass is 16.5. The van der Waals surface area contributed by atoms with Crippen LogP contribution in [0.5, 0.6) is 5.75 Å². The van der Waals surface area contributed by atoms with E-state index in [0.717, 1.165) is 38.5 Å². The summed E-state index contributed by atoms with van der Waals surface area (Å²) in [6, 6.07) is 8.63. The van der Waals surface area contributed by atoms with E-state index >= 15 is 0 Å². The van der Waals surface area contributed by atoms with Crippen LogP contribution in [0.25, 0.3) is 0 Å². The van der Waals surface area contributed by atoms with E-state index in [1.165, 1.54) is 5.56 Å². The van der Waals surface area contributed by atoms with Crippen molar-refractivity contribution in [2.45, 2.75) is 19.4 Å². The van der Waals surface area contributed by atoms with Crippen LogP contribution in [0, 0.1) is 0 Å². The number of nitrogens with zero attached hydrogens (tertiary/aromatic N) is 1. The predicted molar refractivity (Wildman–Crippen MR) is 71.6 cm³/mol. The van der Waals surface area contributed by atoms with Gasteiger partial charge >= 0.3 is 0 Å². The first-order valence-electron chi connectivity index (χ1n) is 6.56. The van der Waals surface area contributed by atoms with Crippen molar-refractivity contribution in [3.63, 3.8) is 0 Å². The molecule has 0 aromatic heterocycles. The fourth-order valence-electron chi connectivity index (χ4n) is 2.15. The molecule has 0 spiro atoms. The smallest absolute Gasteiger partial charge is 0.118 e. The highest BCUT2D eigenvalue weighted by Crippen LogP contribution is 2.20. The molecule has 4 nitrogen and oxygen atoms in total. The van der Waals surface area contributed by atoms with Crippen molar-refractivity contribution in [2.75, 3.05) is 33.4 Å². The van der Waals surface area contributed by atoms with Crippen molar-refractivity contribution in [3.8, 4) is 5.75 Å². The Hall–Kier alpha value is -1.10.